The second-order valence-electron chi connectivity index (χ2n) is 4.37. The molecule has 0 bridgehead atoms. The van der Waals surface area contributed by atoms with E-state index in [-0.39, 0.29) is 25.1 Å². The Balaban J connectivity index is 2.15. The molecule has 0 spiro atoms. The zero-order chi connectivity index (χ0) is 13.5. The van der Waals surface area contributed by atoms with E-state index in [0.717, 1.165) is 25.7 Å². The number of hydrogen-bond acceptors (Lipinski definition) is 4. The minimum absolute atomic E-state index is 0.0444. The molecule has 3 N–H and O–H groups in total. The molecule has 1 rings (SSSR count). The monoisotopic (exact) mass is 386 g/mol. The third-order valence-electron chi connectivity index (χ3n) is 2.87. The smallest absolute Gasteiger partial charge is 0.330 e. The summed E-state index contributed by atoms with van der Waals surface area (Å²) < 4.78 is 9.40. The molecular weight excluding hydrogens is 370 g/mol. The second kappa shape index (κ2) is 8.12. The van der Waals surface area contributed by atoms with Gasteiger partial charge in [0, 0.05) is 6.42 Å². The quantitative estimate of drug-likeness (QED) is 0.433. The molecule has 0 aliphatic heterocycles. The molecule has 1 aliphatic carbocycles. The predicted molar refractivity (Wildman–Crippen MR) is 72.2 cm³/mol. The number of alkyl halides is 2. The molecule has 1 fully saturated rings. The van der Waals surface area contributed by atoms with E-state index in [9.17, 15) is 9.59 Å². The molecule has 0 heterocycles. The fraction of sp³-hybridized carbons (Fsp3) is 0.818. The fourth-order valence-electron chi connectivity index (χ4n) is 1.97. The summed E-state index contributed by atoms with van der Waals surface area (Å²) >= 11 is 6.03. The van der Waals surface area contributed by atoms with Gasteiger partial charge in [-0.15, -0.1) is 0 Å². The number of ether oxygens (including phenoxy) is 2. The SMILES string of the molecule is [NH3+]C1CCCC(C(=O)OCCOC(=O)C(Br)Br)C1. The van der Waals surface area contributed by atoms with Gasteiger partial charge in [0.25, 0.3) is 0 Å². The van der Waals surface area contributed by atoms with Crippen LogP contribution in [0.25, 0.3) is 0 Å². The highest BCUT2D eigenvalue weighted by Gasteiger charge is 2.28. The van der Waals surface area contributed by atoms with Crippen molar-refractivity contribution in [1.29, 1.82) is 0 Å². The van der Waals surface area contributed by atoms with Crippen molar-refractivity contribution in [3.63, 3.8) is 0 Å². The Bertz CT molecular complexity index is 299. The van der Waals surface area contributed by atoms with Crippen molar-refractivity contribution in [2.45, 2.75) is 35.5 Å². The van der Waals surface area contributed by atoms with Crippen LogP contribution < -0.4 is 5.73 Å². The standard InChI is InChI=1S/C11H17Br2NO4/c12-9(13)11(16)18-5-4-17-10(15)7-2-1-3-8(14)6-7/h7-9H,1-6,14H2/p+1. The lowest BCUT2D eigenvalue weighted by atomic mass is 9.86. The van der Waals surface area contributed by atoms with Crippen LogP contribution in [0.3, 0.4) is 0 Å². The minimum atomic E-state index is -0.522. The number of halogens is 2. The van der Waals surface area contributed by atoms with Crippen molar-refractivity contribution in [2.75, 3.05) is 13.2 Å². The molecule has 0 saturated heterocycles. The Hall–Kier alpha value is -0.140. The maximum Gasteiger partial charge on any atom is 0.330 e. The second-order valence-corrected chi connectivity index (χ2v) is 7.43. The van der Waals surface area contributed by atoms with E-state index in [2.05, 4.69) is 37.6 Å². The van der Waals surface area contributed by atoms with Gasteiger partial charge < -0.3 is 15.2 Å². The number of quaternary nitrogens is 1. The topological polar surface area (TPSA) is 80.2 Å². The Morgan fingerprint density at radius 1 is 1.22 bits per heavy atom. The Morgan fingerprint density at radius 3 is 2.50 bits per heavy atom. The zero-order valence-electron chi connectivity index (χ0n) is 10.1. The Morgan fingerprint density at radius 2 is 1.89 bits per heavy atom. The van der Waals surface area contributed by atoms with Gasteiger partial charge in [0.2, 0.25) is 0 Å². The lowest BCUT2D eigenvalue weighted by molar-refractivity contribution is -0.427. The molecule has 18 heavy (non-hydrogen) atoms. The van der Waals surface area contributed by atoms with E-state index < -0.39 is 9.71 Å². The maximum atomic E-state index is 11.7. The van der Waals surface area contributed by atoms with Crippen molar-refractivity contribution in [3.8, 4) is 0 Å². The molecule has 2 atom stereocenters. The van der Waals surface area contributed by atoms with Crippen LogP contribution in [0.15, 0.2) is 0 Å². The van der Waals surface area contributed by atoms with Crippen molar-refractivity contribution in [2.24, 2.45) is 5.92 Å². The summed E-state index contributed by atoms with van der Waals surface area (Å²) in [7, 11) is 0. The van der Waals surface area contributed by atoms with Crippen molar-refractivity contribution in [3.05, 3.63) is 0 Å². The fourth-order valence-corrected chi connectivity index (χ4v) is 2.23. The molecule has 0 amide bonds. The number of rotatable bonds is 5. The van der Waals surface area contributed by atoms with Gasteiger partial charge in [-0.05, 0) is 19.3 Å². The van der Waals surface area contributed by atoms with Crippen LogP contribution in [0.2, 0.25) is 0 Å². The summed E-state index contributed by atoms with van der Waals surface area (Å²) in [5, 5.41) is 0. The summed E-state index contributed by atoms with van der Waals surface area (Å²) in [5.74, 6) is -0.674. The van der Waals surface area contributed by atoms with Gasteiger partial charge in [0.05, 0.1) is 12.0 Å². The average Bonchev–Trinajstić information content (AvgIpc) is 2.33. The molecule has 0 radical (unpaired) electrons. The van der Waals surface area contributed by atoms with E-state index in [0.29, 0.717) is 6.04 Å². The minimum Gasteiger partial charge on any atom is -0.462 e. The van der Waals surface area contributed by atoms with Crippen LogP contribution in [0, 0.1) is 5.92 Å². The summed E-state index contributed by atoms with van der Waals surface area (Å²) in [6.07, 6.45) is 3.77. The highest BCUT2D eigenvalue weighted by molar-refractivity contribution is 9.25. The van der Waals surface area contributed by atoms with E-state index in [4.69, 9.17) is 9.47 Å². The number of hydrogen-bond donors (Lipinski definition) is 1. The van der Waals surface area contributed by atoms with Gasteiger partial charge in [-0.3, -0.25) is 4.79 Å². The number of carbonyl (C=O) groups excluding carboxylic acids is 2. The first-order valence-corrected chi connectivity index (χ1v) is 7.78. The van der Waals surface area contributed by atoms with Crippen molar-refractivity contribution >= 4 is 43.8 Å². The third-order valence-corrected chi connectivity index (χ3v) is 3.61. The van der Waals surface area contributed by atoms with E-state index >= 15 is 0 Å². The largest absolute Gasteiger partial charge is 0.462 e. The first-order valence-electron chi connectivity index (χ1n) is 5.95. The highest BCUT2D eigenvalue weighted by atomic mass is 79.9. The molecule has 1 saturated carbocycles. The summed E-state index contributed by atoms with van der Waals surface area (Å²) in [4.78, 5) is 22.8. The van der Waals surface area contributed by atoms with Gasteiger partial charge in [0.15, 0.2) is 3.74 Å². The summed E-state index contributed by atoms with van der Waals surface area (Å²) in [5.41, 5.74) is 3.98. The molecule has 0 aromatic heterocycles. The van der Waals surface area contributed by atoms with Crippen molar-refractivity contribution < 1.29 is 24.8 Å². The van der Waals surface area contributed by atoms with Gasteiger partial charge >= 0.3 is 11.9 Å². The Labute approximate surface area is 123 Å². The van der Waals surface area contributed by atoms with Crippen LogP contribution in [0.4, 0.5) is 0 Å². The molecule has 0 aromatic carbocycles. The van der Waals surface area contributed by atoms with Gasteiger partial charge in [-0.2, -0.15) is 0 Å². The van der Waals surface area contributed by atoms with Crippen LogP contribution in [0.5, 0.6) is 0 Å². The molecule has 104 valence electrons. The molecule has 7 heteroatoms. The van der Waals surface area contributed by atoms with Gasteiger partial charge in [-0.1, -0.05) is 31.9 Å². The average molecular weight is 388 g/mol. The number of esters is 2. The molecular formula is C11H18Br2NO4+. The number of carbonyl (C=O) groups is 2. The van der Waals surface area contributed by atoms with E-state index in [1.54, 1.807) is 0 Å². The first-order chi connectivity index (χ1) is 8.50. The highest BCUT2D eigenvalue weighted by Crippen LogP contribution is 2.23. The van der Waals surface area contributed by atoms with E-state index in [1.807, 2.05) is 0 Å². The van der Waals surface area contributed by atoms with Crippen LogP contribution >= 0.6 is 31.9 Å². The lowest BCUT2D eigenvalue weighted by Crippen LogP contribution is -2.62. The van der Waals surface area contributed by atoms with Gasteiger partial charge in [0.1, 0.15) is 13.2 Å². The van der Waals surface area contributed by atoms with Crippen molar-refractivity contribution in [1.82, 2.24) is 0 Å². The predicted octanol–water partition coefficient (Wildman–Crippen LogP) is 0.989. The molecule has 2 unspecified atom stereocenters. The van der Waals surface area contributed by atoms with Crippen LogP contribution in [0.1, 0.15) is 25.7 Å². The third kappa shape index (κ3) is 5.67. The molecule has 5 nitrogen and oxygen atoms in total. The molecule has 1 aliphatic rings. The summed E-state index contributed by atoms with van der Waals surface area (Å²) in [6, 6.07) is 0.344. The van der Waals surface area contributed by atoms with Crippen LogP contribution in [-0.4, -0.2) is 34.9 Å². The lowest BCUT2D eigenvalue weighted by Gasteiger charge is -2.22. The summed E-state index contributed by atoms with van der Waals surface area (Å²) in [6.45, 7) is 0.189. The Kier molecular flexibility index (Phi) is 7.18. The maximum absolute atomic E-state index is 11.7. The zero-order valence-corrected chi connectivity index (χ0v) is 13.2. The normalized spacial score (nSPS) is 23.8. The van der Waals surface area contributed by atoms with E-state index in [1.165, 1.54) is 0 Å². The first kappa shape index (κ1) is 15.9. The molecule has 0 aromatic rings. The van der Waals surface area contributed by atoms with Crippen LogP contribution in [-0.2, 0) is 19.1 Å². The van der Waals surface area contributed by atoms with Gasteiger partial charge in [-0.25, -0.2) is 4.79 Å².